The van der Waals surface area contributed by atoms with E-state index in [1.54, 1.807) is 27.3 Å². The van der Waals surface area contributed by atoms with Crippen LogP contribution in [-0.4, -0.2) is 50.3 Å². The summed E-state index contributed by atoms with van der Waals surface area (Å²) in [7, 11) is 4.81. The summed E-state index contributed by atoms with van der Waals surface area (Å²) < 4.78 is 10.5. The molecule has 0 fully saturated rings. The summed E-state index contributed by atoms with van der Waals surface area (Å²) in [6.07, 6.45) is 1.53. The molecule has 0 saturated heterocycles. The number of nitrogens with zero attached hydrogens (tertiary/aromatic N) is 1. The molecule has 0 aliphatic rings. The molecular weight excluding hydrogens is 258 g/mol. The van der Waals surface area contributed by atoms with Crippen LogP contribution in [0.4, 0.5) is 0 Å². The smallest absolute Gasteiger partial charge is 0.246 e. The lowest BCUT2D eigenvalue weighted by Gasteiger charge is -2.15. The van der Waals surface area contributed by atoms with E-state index in [1.165, 1.54) is 11.0 Å². The van der Waals surface area contributed by atoms with E-state index in [-0.39, 0.29) is 12.5 Å². The highest BCUT2D eigenvalue weighted by molar-refractivity contribution is 5.95. The lowest BCUT2D eigenvalue weighted by molar-refractivity contribution is -0.125. The first-order valence-electron chi connectivity index (χ1n) is 6.30. The lowest BCUT2D eigenvalue weighted by Crippen LogP contribution is -2.27. The van der Waals surface area contributed by atoms with E-state index in [1.807, 2.05) is 19.1 Å². The van der Waals surface area contributed by atoms with Gasteiger partial charge in [0.1, 0.15) is 11.5 Å². The van der Waals surface area contributed by atoms with Crippen molar-refractivity contribution in [1.82, 2.24) is 4.90 Å². The number of ether oxygens (including phenoxy) is 2. The fraction of sp³-hybridized carbons (Fsp3) is 0.400. The fourth-order valence-corrected chi connectivity index (χ4v) is 1.76. The van der Waals surface area contributed by atoms with Crippen molar-refractivity contribution in [3.63, 3.8) is 0 Å². The summed E-state index contributed by atoms with van der Waals surface area (Å²) in [5.74, 6) is 1.19. The van der Waals surface area contributed by atoms with Crippen LogP contribution >= 0.6 is 0 Å². The third-order valence-corrected chi connectivity index (χ3v) is 2.99. The van der Waals surface area contributed by atoms with Gasteiger partial charge in [0.2, 0.25) is 5.91 Å². The number of carbonyl (C=O) groups excluding carboxylic acids is 1. The molecule has 0 heterocycles. The summed E-state index contributed by atoms with van der Waals surface area (Å²) in [6.45, 7) is 2.10. The topological polar surface area (TPSA) is 59.0 Å². The van der Waals surface area contributed by atoms with Gasteiger partial charge in [0, 0.05) is 31.3 Å². The Morgan fingerprint density at radius 2 is 2.05 bits per heavy atom. The van der Waals surface area contributed by atoms with Gasteiger partial charge in [-0.1, -0.05) is 0 Å². The molecule has 0 spiro atoms. The van der Waals surface area contributed by atoms with Gasteiger partial charge in [-0.15, -0.1) is 0 Å². The van der Waals surface area contributed by atoms with Crippen molar-refractivity contribution in [1.29, 1.82) is 0 Å². The van der Waals surface area contributed by atoms with Gasteiger partial charge in [0.15, 0.2) is 0 Å². The highest BCUT2D eigenvalue weighted by Crippen LogP contribution is 2.29. The second kappa shape index (κ2) is 7.55. The van der Waals surface area contributed by atoms with E-state index in [4.69, 9.17) is 14.6 Å². The number of rotatable bonds is 6. The maximum atomic E-state index is 11.9. The van der Waals surface area contributed by atoms with Crippen molar-refractivity contribution >= 4 is 11.5 Å². The fourth-order valence-electron chi connectivity index (χ4n) is 1.76. The molecule has 0 aromatic heterocycles. The molecule has 0 aliphatic carbocycles. The van der Waals surface area contributed by atoms with Crippen LogP contribution in [0.25, 0.3) is 5.57 Å². The summed E-state index contributed by atoms with van der Waals surface area (Å²) in [5, 5.41) is 8.83. The average molecular weight is 279 g/mol. The highest BCUT2D eigenvalue weighted by Gasteiger charge is 2.10. The van der Waals surface area contributed by atoms with Crippen LogP contribution in [0.2, 0.25) is 0 Å². The Bertz CT molecular complexity index is 497. The molecule has 110 valence electrons. The SMILES string of the molecule is COc1ccc(/C(C)=C/C(=O)N(C)CCO)c(OC)c1. The molecule has 20 heavy (non-hydrogen) atoms. The van der Waals surface area contributed by atoms with Crippen LogP contribution in [0.15, 0.2) is 24.3 Å². The van der Waals surface area contributed by atoms with Crippen LogP contribution < -0.4 is 9.47 Å². The lowest BCUT2D eigenvalue weighted by atomic mass is 10.1. The number of allylic oxidation sites excluding steroid dienone is 1. The molecule has 0 atom stereocenters. The third kappa shape index (κ3) is 3.99. The molecule has 1 N–H and O–H groups in total. The van der Waals surface area contributed by atoms with Gasteiger partial charge in [-0.25, -0.2) is 0 Å². The Hall–Kier alpha value is -2.01. The first-order chi connectivity index (χ1) is 9.53. The number of aliphatic hydroxyl groups excluding tert-OH is 1. The number of hydrogen-bond acceptors (Lipinski definition) is 4. The highest BCUT2D eigenvalue weighted by atomic mass is 16.5. The standard InChI is InChI=1S/C15H21NO4/c1-11(9-15(18)16(2)7-8-17)13-6-5-12(19-3)10-14(13)20-4/h5-6,9-10,17H,7-8H2,1-4H3/b11-9+. The van der Waals surface area contributed by atoms with Crippen LogP contribution in [0, 0.1) is 0 Å². The van der Waals surface area contributed by atoms with Crippen molar-refractivity contribution in [2.45, 2.75) is 6.92 Å². The quantitative estimate of drug-likeness (QED) is 0.803. The molecule has 0 saturated carbocycles. The van der Waals surface area contributed by atoms with Crippen molar-refractivity contribution in [3.05, 3.63) is 29.8 Å². The number of likely N-dealkylation sites (N-methyl/N-ethyl adjacent to an activating group) is 1. The van der Waals surface area contributed by atoms with Gasteiger partial charge in [-0.05, 0) is 24.6 Å². The van der Waals surface area contributed by atoms with Crippen LogP contribution in [0.5, 0.6) is 11.5 Å². The van der Waals surface area contributed by atoms with Gasteiger partial charge < -0.3 is 19.5 Å². The van der Waals surface area contributed by atoms with Gasteiger partial charge >= 0.3 is 0 Å². The summed E-state index contributed by atoms with van der Waals surface area (Å²) in [5.41, 5.74) is 1.62. The van der Waals surface area contributed by atoms with Crippen molar-refractivity contribution in [3.8, 4) is 11.5 Å². The van der Waals surface area contributed by atoms with E-state index < -0.39 is 0 Å². The van der Waals surface area contributed by atoms with Gasteiger partial charge in [-0.3, -0.25) is 4.79 Å². The van der Waals surface area contributed by atoms with Gasteiger partial charge in [-0.2, -0.15) is 0 Å². The minimum Gasteiger partial charge on any atom is -0.497 e. The largest absolute Gasteiger partial charge is 0.497 e. The Labute approximate surface area is 119 Å². The molecule has 5 nitrogen and oxygen atoms in total. The van der Waals surface area contributed by atoms with E-state index >= 15 is 0 Å². The number of aliphatic hydroxyl groups is 1. The first-order valence-corrected chi connectivity index (χ1v) is 6.30. The maximum Gasteiger partial charge on any atom is 0.246 e. The molecule has 0 aliphatic heterocycles. The summed E-state index contributed by atoms with van der Waals surface area (Å²) in [4.78, 5) is 13.4. The number of hydrogen-bond donors (Lipinski definition) is 1. The summed E-state index contributed by atoms with van der Waals surface area (Å²) >= 11 is 0. The molecule has 0 radical (unpaired) electrons. The summed E-state index contributed by atoms with van der Waals surface area (Å²) in [6, 6.07) is 5.44. The molecule has 0 unspecified atom stereocenters. The van der Waals surface area contributed by atoms with Crippen molar-refractivity contribution in [2.24, 2.45) is 0 Å². The molecule has 1 rings (SSSR count). The predicted molar refractivity (Wildman–Crippen MR) is 77.9 cm³/mol. The third-order valence-electron chi connectivity index (χ3n) is 2.99. The minimum atomic E-state index is -0.158. The average Bonchev–Trinajstić information content (AvgIpc) is 2.46. The maximum absolute atomic E-state index is 11.9. The first kappa shape index (κ1) is 16.0. The van der Waals surface area contributed by atoms with Crippen molar-refractivity contribution in [2.75, 3.05) is 34.4 Å². The molecule has 5 heteroatoms. The number of benzene rings is 1. The molecular formula is C15H21NO4. The second-order valence-corrected chi connectivity index (χ2v) is 4.38. The Morgan fingerprint density at radius 1 is 1.35 bits per heavy atom. The van der Waals surface area contributed by atoms with E-state index in [0.717, 1.165) is 11.1 Å². The zero-order valence-electron chi connectivity index (χ0n) is 12.3. The number of amides is 1. The van der Waals surface area contributed by atoms with Crippen LogP contribution in [-0.2, 0) is 4.79 Å². The molecule has 1 aromatic carbocycles. The van der Waals surface area contributed by atoms with E-state index in [0.29, 0.717) is 18.0 Å². The number of methoxy groups -OCH3 is 2. The zero-order chi connectivity index (χ0) is 15.1. The van der Waals surface area contributed by atoms with E-state index in [2.05, 4.69) is 0 Å². The van der Waals surface area contributed by atoms with Crippen LogP contribution in [0.1, 0.15) is 12.5 Å². The minimum absolute atomic E-state index is 0.0546. The van der Waals surface area contributed by atoms with Crippen LogP contribution in [0.3, 0.4) is 0 Å². The Balaban J connectivity index is 3.01. The van der Waals surface area contributed by atoms with Gasteiger partial charge in [0.05, 0.1) is 20.8 Å². The monoisotopic (exact) mass is 279 g/mol. The van der Waals surface area contributed by atoms with Gasteiger partial charge in [0.25, 0.3) is 0 Å². The van der Waals surface area contributed by atoms with E-state index in [9.17, 15) is 4.79 Å². The normalized spacial score (nSPS) is 11.2. The molecule has 0 bridgehead atoms. The second-order valence-electron chi connectivity index (χ2n) is 4.38. The molecule has 1 amide bonds. The Morgan fingerprint density at radius 3 is 2.60 bits per heavy atom. The number of carbonyl (C=O) groups is 1. The molecule has 1 aromatic rings. The zero-order valence-corrected chi connectivity index (χ0v) is 12.3. The Kier molecular flexibility index (Phi) is 6.06. The van der Waals surface area contributed by atoms with Crippen molar-refractivity contribution < 1.29 is 19.4 Å². The predicted octanol–water partition coefficient (Wildman–Crippen LogP) is 1.56.